The van der Waals surface area contributed by atoms with E-state index in [1.807, 2.05) is 6.07 Å². The monoisotopic (exact) mass is 375 g/mol. The standard InChI is InChI=1S/C16H18FN5.C3H5Cl/c1-10(19)15-14(20-2)9-13(22-16(15)21-8-7-18)11-3-5-12(17)6-4-11;1-2-3-4/h3-9,19H,18H2,1-2H3,(H2,20,21,22);2H,1,3H2/b8-7+,19-10?;. The second-order valence-electron chi connectivity index (χ2n) is 5.11. The van der Waals surface area contributed by atoms with E-state index in [0.717, 1.165) is 11.3 Å². The summed E-state index contributed by atoms with van der Waals surface area (Å²) < 4.78 is 13.1. The molecule has 0 aliphatic carbocycles. The Labute approximate surface area is 158 Å². The van der Waals surface area contributed by atoms with Crippen LogP contribution in [0, 0.1) is 11.2 Å². The van der Waals surface area contributed by atoms with Crippen molar-refractivity contribution >= 4 is 28.8 Å². The lowest BCUT2D eigenvalue weighted by Crippen LogP contribution is -2.08. The predicted molar refractivity (Wildman–Crippen MR) is 110 cm³/mol. The van der Waals surface area contributed by atoms with Gasteiger partial charge >= 0.3 is 0 Å². The number of allylic oxidation sites excluding steroid dienone is 1. The van der Waals surface area contributed by atoms with E-state index < -0.39 is 0 Å². The number of nitrogens with one attached hydrogen (secondary N) is 3. The molecule has 0 saturated carbocycles. The van der Waals surface area contributed by atoms with Gasteiger partial charge in [0.1, 0.15) is 11.6 Å². The van der Waals surface area contributed by atoms with E-state index in [2.05, 4.69) is 22.2 Å². The van der Waals surface area contributed by atoms with Gasteiger partial charge in [0.25, 0.3) is 0 Å². The Morgan fingerprint density at radius 3 is 2.46 bits per heavy atom. The van der Waals surface area contributed by atoms with Crippen LogP contribution in [0.25, 0.3) is 11.3 Å². The highest BCUT2D eigenvalue weighted by atomic mass is 35.5. The fraction of sp³-hybridized carbons (Fsp3) is 0.158. The van der Waals surface area contributed by atoms with Crippen molar-refractivity contribution in [2.45, 2.75) is 6.92 Å². The molecule has 5 nitrogen and oxygen atoms in total. The molecule has 1 aromatic carbocycles. The van der Waals surface area contributed by atoms with Crippen LogP contribution in [0.15, 0.2) is 55.4 Å². The number of anilines is 2. The van der Waals surface area contributed by atoms with Gasteiger partial charge in [-0.05, 0) is 37.3 Å². The average Bonchev–Trinajstić information content (AvgIpc) is 2.66. The first-order chi connectivity index (χ1) is 12.5. The minimum Gasteiger partial charge on any atom is -0.403 e. The summed E-state index contributed by atoms with van der Waals surface area (Å²) in [7, 11) is 1.78. The molecule has 0 aliphatic rings. The summed E-state index contributed by atoms with van der Waals surface area (Å²) in [6, 6.07) is 7.93. The van der Waals surface area contributed by atoms with E-state index in [1.54, 1.807) is 38.4 Å². The normalized spacial score (nSPS) is 10.0. The van der Waals surface area contributed by atoms with Crippen molar-refractivity contribution in [2.24, 2.45) is 5.73 Å². The molecule has 26 heavy (non-hydrogen) atoms. The molecule has 5 N–H and O–H groups in total. The van der Waals surface area contributed by atoms with E-state index in [9.17, 15) is 4.39 Å². The maximum absolute atomic E-state index is 13.1. The molecule has 1 heterocycles. The fourth-order valence-corrected chi connectivity index (χ4v) is 2.12. The first-order valence-electron chi connectivity index (χ1n) is 7.82. The summed E-state index contributed by atoms with van der Waals surface area (Å²) in [5.74, 6) is 0.773. The SMILES string of the molecule is C=CCCl.CNc1cc(-c2ccc(F)cc2)nc(N/C=C/N)c1C(C)=N. The summed E-state index contributed by atoms with van der Waals surface area (Å²) >= 11 is 5.07. The third-order valence-electron chi connectivity index (χ3n) is 3.23. The smallest absolute Gasteiger partial charge is 0.141 e. The molecule has 7 heteroatoms. The van der Waals surface area contributed by atoms with Gasteiger partial charge in [0.15, 0.2) is 0 Å². The quantitative estimate of drug-likeness (QED) is 0.338. The second kappa shape index (κ2) is 10.9. The summed E-state index contributed by atoms with van der Waals surface area (Å²) in [6.45, 7) is 5.03. The minimum absolute atomic E-state index is 0.297. The van der Waals surface area contributed by atoms with Crippen molar-refractivity contribution in [3.8, 4) is 11.3 Å². The van der Waals surface area contributed by atoms with Gasteiger partial charge in [-0.15, -0.1) is 18.2 Å². The second-order valence-corrected chi connectivity index (χ2v) is 5.42. The Bertz CT molecular complexity index is 772. The van der Waals surface area contributed by atoms with Crippen molar-refractivity contribution in [3.05, 3.63) is 66.8 Å². The lowest BCUT2D eigenvalue weighted by atomic mass is 10.1. The van der Waals surface area contributed by atoms with Crippen LogP contribution in [-0.4, -0.2) is 23.6 Å². The average molecular weight is 376 g/mol. The van der Waals surface area contributed by atoms with Gasteiger partial charge in [-0.25, -0.2) is 9.37 Å². The Hall–Kier alpha value is -2.86. The van der Waals surface area contributed by atoms with Crippen LogP contribution in [0.4, 0.5) is 15.9 Å². The molecule has 2 aromatic rings. The van der Waals surface area contributed by atoms with Crippen molar-refractivity contribution in [3.63, 3.8) is 0 Å². The van der Waals surface area contributed by atoms with Crippen LogP contribution in [0.2, 0.25) is 0 Å². The lowest BCUT2D eigenvalue weighted by molar-refractivity contribution is 0.628. The van der Waals surface area contributed by atoms with Crippen LogP contribution >= 0.6 is 11.6 Å². The number of benzene rings is 1. The maximum atomic E-state index is 13.1. The van der Waals surface area contributed by atoms with Crippen molar-refractivity contribution < 1.29 is 4.39 Å². The zero-order chi connectivity index (χ0) is 19.5. The largest absolute Gasteiger partial charge is 0.403 e. The number of halogens is 2. The minimum atomic E-state index is -0.297. The van der Waals surface area contributed by atoms with Crippen LogP contribution < -0.4 is 16.4 Å². The summed E-state index contributed by atoms with van der Waals surface area (Å²) in [6.07, 6.45) is 4.54. The predicted octanol–water partition coefficient (Wildman–Crippen LogP) is 4.57. The molecule has 0 spiro atoms. The number of hydrogen-bond donors (Lipinski definition) is 4. The van der Waals surface area contributed by atoms with Crippen LogP contribution in [0.3, 0.4) is 0 Å². The highest BCUT2D eigenvalue weighted by molar-refractivity contribution is 6.18. The van der Waals surface area contributed by atoms with Crippen LogP contribution in [0.1, 0.15) is 12.5 Å². The molecule has 0 bridgehead atoms. The topological polar surface area (TPSA) is 86.8 Å². The number of aromatic nitrogens is 1. The molecule has 0 saturated heterocycles. The third-order valence-corrected chi connectivity index (χ3v) is 3.45. The van der Waals surface area contributed by atoms with Gasteiger partial charge in [-0.2, -0.15) is 0 Å². The number of nitrogens with two attached hydrogens (primary N) is 1. The van der Waals surface area contributed by atoms with Gasteiger partial charge < -0.3 is 21.8 Å². The van der Waals surface area contributed by atoms with E-state index in [4.69, 9.17) is 22.7 Å². The van der Waals surface area contributed by atoms with E-state index in [-0.39, 0.29) is 5.82 Å². The fourth-order valence-electron chi connectivity index (χ4n) is 2.12. The number of pyridine rings is 1. The number of alkyl halides is 1. The molecule has 0 radical (unpaired) electrons. The molecule has 138 valence electrons. The Morgan fingerprint density at radius 1 is 1.38 bits per heavy atom. The number of rotatable bonds is 6. The van der Waals surface area contributed by atoms with Gasteiger partial charge in [0.05, 0.1) is 11.3 Å². The van der Waals surface area contributed by atoms with Crippen LogP contribution in [-0.2, 0) is 0 Å². The summed E-state index contributed by atoms with van der Waals surface area (Å²) in [4.78, 5) is 4.52. The van der Waals surface area contributed by atoms with E-state index in [1.165, 1.54) is 18.3 Å². The zero-order valence-corrected chi connectivity index (χ0v) is 15.6. The van der Waals surface area contributed by atoms with Crippen molar-refractivity contribution in [1.29, 1.82) is 5.41 Å². The molecule has 0 unspecified atom stereocenters. The summed E-state index contributed by atoms with van der Waals surface area (Å²) in [5.41, 5.74) is 8.60. The molecule has 0 atom stereocenters. The maximum Gasteiger partial charge on any atom is 0.141 e. The third kappa shape index (κ3) is 5.89. The Balaban J connectivity index is 0.000000765. The highest BCUT2D eigenvalue weighted by Crippen LogP contribution is 2.29. The molecule has 1 aromatic heterocycles. The number of hydrogen-bond acceptors (Lipinski definition) is 5. The molecule has 2 rings (SSSR count). The molecular weight excluding hydrogens is 353 g/mol. The van der Waals surface area contributed by atoms with Gasteiger partial charge in [-0.1, -0.05) is 6.08 Å². The van der Waals surface area contributed by atoms with Crippen molar-refractivity contribution in [1.82, 2.24) is 4.98 Å². The van der Waals surface area contributed by atoms with Gasteiger partial charge in [-0.3, -0.25) is 0 Å². The highest BCUT2D eigenvalue weighted by Gasteiger charge is 2.14. The molecule has 0 fully saturated rings. The lowest BCUT2D eigenvalue weighted by Gasteiger charge is -2.15. The molecule has 0 amide bonds. The molecule has 0 aliphatic heterocycles. The van der Waals surface area contributed by atoms with Gasteiger partial charge in [0, 0.05) is 42.3 Å². The zero-order valence-electron chi connectivity index (χ0n) is 14.8. The Kier molecular flexibility index (Phi) is 8.87. The first kappa shape index (κ1) is 21.2. The van der Waals surface area contributed by atoms with Crippen LogP contribution in [0.5, 0.6) is 0 Å². The van der Waals surface area contributed by atoms with E-state index in [0.29, 0.717) is 28.7 Å². The molecular formula is C19H23ClFN5. The Morgan fingerprint density at radius 2 is 2.00 bits per heavy atom. The van der Waals surface area contributed by atoms with E-state index >= 15 is 0 Å². The summed E-state index contributed by atoms with van der Waals surface area (Å²) in [5, 5.41) is 14.0. The number of nitrogens with zero attached hydrogens (tertiary/aromatic N) is 1. The van der Waals surface area contributed by atoms with Gasteiger partial charge in [0.2, 0.25) is 0 Å². The van der Waals surface area contributed by atoms with Crippen molar-refractivity contribution in [2.75, 3.05) is 23.6 Å². The first-order valence-corrected chi connectivity index (χ1v) is 8.36.